The minimum absolute atomic E-state index is 0.127. The molecule has 6 nitrogen and oxygen atoms in total. The van der Waals surface area contributed by atoms with Crippen molar-refractivity contribution in [2.24, 2.45) is 0 Å². The van der Waals surface area contributed by atoms with Crippen LogP contribution in [0.4, 0.5) is 4.79 Å². The van der Waals surface area contributed by atoms with E-state index in [0.29, 0.717) is 0 Å². The first-order valence-corrected chi connectivity index (χ1v) is 11.4. The normalized spacial score (nSPS) is 12.0. The van der Waals surface area contributed by atoms with Gasteiger partial charge in [-0.05, 0) is 44.9 Å². The van der Waals surface area contributed by atoms with E-state index in [-0.39, 0.29) is 25.0 Å². The number of hydrogen-bond acceptors (Lipinski definition) is 3. The summed E-state index contributed by atoms with van der Waals surface area (Å²) in [5, 5.41) is 7.63. The average Bonchev–Trinajstić information content (AvgIpc) is 3.05. The number of benzene rings is 1. The number of alkyl halides is 1. The van der Waals surface area contributed by atoms with E-state index in [0.717, 1.165) is 44.7 Å². The van der Waals surface area contributed by atoms with Gasteiger partial charge in [-0.3, -0.25) is 4.79 Å². The van der Waals surface area contributed by atoms with E-state index >= 15 is 0 Å². The van der Waals surface area contributed by atoms with Gasteiger partial charge in [-0.1, -0.05) is 44.0 Å². The summed E-state index contributed by atoms with van der Waals surface area (Å²) >= 11 is 6.88. The molecule has 158 valence electrons. The largest absolute Gasteiger partial charge is 0.447 e. The Kier molecular flexibility index (Phi) is 9.23. The van der Waals surface area contributed by atoms with Crippen LogP contribution in [0, 0.1) is 0 Å². The molecule has 0 aliphatic rings. The molecule has 8 heteroatoms. The van der Waals surface area contributed by atoms with Crippen molar-refractivity contribution >= 4 is 54.8 Å². The standard InChI is InChI=1S/C21H27Br2N3O3/c1-13(2)29-21(28)25-12-19(26-20(27)9-14(3)5-4-8-22)17-11-24-18-7-6-15(23)10-16(17)18/h6-7,10-11,13,19,24H,3-5,8-9,12H2,1-2H3,(H,25,28)(H,26,27). The molecule has 1 heterocycles. The quantitative estimate of drug-likeness (QED) is 0.287. The number of rotatable bonds is 10. The molecule has 1 aromatic heterocycles. The van der Waals surface area contributed by atoms with Crippen LogP contribution in [0.5, 0.6) is 0 Å². The fourth-order valence-corrected chi connectivity index (χ4v) is 3.60. The van der Waals surface area contributed by atoms with Gasteiger partial charge in [-0.15, -0.1) is 0 Å². The lowest BCUT2D eigenvalue weighted by atomic mass is 10.0. The maximum absolute atomic E-state index is 12.6. The molecule has 3 N–H and O–H groups in total. The Labute approximate surface area is 188 Å². The first-order valence-electron chi connectivity index (χ1n) is 9.53. The van der Waals surface area contributed by atoms with Crippen molar-refractivity contribution in [3.8, 4) is 0 Å². The maximum Gasteiger partial charge on any atom is 0.407 e. The van der Waals surface area contributed by atoms with E-state index in [1.165, 1.54) is 0 Å². The number of aromatic nitrogens is 1. The molecular weight excluding hydrogens is 502 g/mol. The van der Waals surface area contributed by atoms with E-state index in [1.54, 1.807) is 13.8 Å². The molecule has 0 saturated heterocycles. The van der Waals surface area contributed by atoms with Gasteiger partial charge in [0.1, 0.15) is 0 Å². The molecule has 2 rings (SSSR count). The summed E-state index contributed by atoms with van der Waals surface area (Å²) in [6.07, 6.45) is 3.12. The number of amides is 2. The van der Waals surface area contributed by atoms with E-state index in [2.05, 4.69) is 54.1 Å². The van der Waals surface area contributed by atoms with Crippen molar-refractivity contribution in [1.82, 2.24) is 15.6 Å². The summed E-state index contributed by atoms with van der Waals surface area (Å²) in [5.74, 6) is -0.127. The predicted molar refractivity (Wildman–Crippen MR) is 123 cm³/mol. The van der Waals surface area contributed by atoms with Gasteiger partial charge in [0.2, 0.25) is 5.91 Å². The highest BCUT2D eigenvalue weighted by molar-refractivity contribution is 9.10. The zero-order valence-electron chi connectivity index (χ0n) is 16.7. The highest BCUT2D eigenvalue weighted by Gasteiger charge is 2.20. The van der Waals surface area contributed by atoms with Gasteiger partial charge >= 0.3 is 6.09 Å². The number of H-pyrrole nitrogens is 1. The molecule has 1 atom stereocenters. The highest BCUT2D eigenvalue weighted by Crippen LogP contribution is 2.27. The third-order valence-electron chi connectivity index (χ3n) is 4.25. The zero-order valence-corrected chi connectivity index (χ0v) is 19.9. The third kappa shape index (κ3) is 7.51. The molecule has 0 saturated carbocycles. The molecule has 0 aliphatic heterocycles. The van der Waals surface area contributed by atoms with Gasteiger partial charge in [0.05, 0.1) is 12.1 Å². The molecular formula is C21H27Br2N3O3. The first-order chi connectivity index (χ1) is 13.8. The topological polar surface area (TPSA) is 83.2 Å². The van der Waals surface area contributed by atoms with E-state index < -0.39 is 12.1 Å². The Hall–Kier alpha value is -1.80. The van der Waals surface area contributed by atoms with Gasteiger partial charge in [0.15, 0.2) is 0 Å². The average molecular weight is 529 g/mol. The SMILES string of the molecule is C=C(CCCBr)CC(=O)NC(CNC(=O)OC(C)C)c1c[nH]c2ccc(Br)cc12. The maximum atomic E-state index is 12.6. The van der Waals surface area contributed by atoms with Gasteiger partial charge in [0, 0.05) is 45.4 Å². The number of halogens is 2. The van der Waals surface area contributed by atoms with Crippen molar-refractivity contribution in [2.75, 3.05) is 11.9 Å². The van der Waals surface area contributed by atoms with E-state index in [9.17, 15) is 9.59 Å². The second-order valence-electron chi connectivity index (χ2n) is 7.11. The fourth-order valence-electron chi connectivity index (χ4n) is 2.96. The number of hydrogen-bond donors (Lipinski definition) is 3. The fraction of sp³-hybridized carbons (Fsp3) is 0.429. The van der Waals surface area contributed by atoms with E-state index in [4.69, 9.17) is 4.74 Å². The first kappa shape index (κ1) is 23.5. The van der Waals surface area contributed by atoms with Crippen molar-refractivity contribution in [3.63, 3.8) is 0 Å². The lowest BCUT2D eigenvalue weighted by Crippen LogP contribution is -2.38. The highest BCUT2D eigenvalue weighted by atomic mass is 79.9. The third-order valence-corrected chi connectivity index (χ3v) is 5.31. The number of aromatic amines is 1. The predicted octanol–water partition coefficient (Wildman–Crippen LogP) is 5.34. The number of fused-ring (bicyclic) bond motifs is 1. The van der Waals surface area contributed by atoms with Crippen molar-refractivity contribution in [3.05, 3.63) is 46.6 Å². The zero-order chi connectivity index (χ0) is 21.4. The van der Waals surface area contributed by atoms with Gasteiger partial charge in [0.25, 0.3) is 0 Å². The molecule has 1 unspecified atom stereocenters. The Morgan fingerprint density at radius 1 is 1.31 bits per heavy atom. The lowest BCUT2D eigenvalue weighted by Gasteiger charge is -2.20. The second-order valence-corrected chi connectivity index (χ2v) is 8.82. The Bertz CT molecular complexity index is 864. The van der Waals surface area contributed by atoms with Crippen LogP contribution in [0.1, 0.15) is 44.7 Å². The summed E-state index contributed by atoms with van der Waals surface area (Å²) in [6.45, 7) is 7.77. The van der Waals surface area contributed by atoms with Crippen molar-refractivity contribution in [2.45, 2.75) is 45.3 Å². The van der Waals surface area contributed by atoms with Crippen LogP contribution in [0.15, 0.2) is 41.0 Å². The summed E-state index contributed by atoms with van der Waals surface area (Å²) in [4.78, 5) is 27.8. The van der Waals surface area contributed by atoms with Crippen LogP contribution in [-0.4, -0.2) is 35.0 Å². The minimum Gasteiger partial charge on any atom is -0.447 e. The smallest absolute Gasteiger partial charge is 0.407 e. The summed E-state index contributed by atoms with van der Waals surface area (Å²) in [5.41, 5.74) is 2.73. The van der Waals surface area contributed by atoms with Crippen LogP contribution < -0.4 is 10.6 Å². The minimum atomic E-state index is -0.512. The molecule has 0 aliphatic carbocycles. The monoisotopic (exact) mass is 527 g/mol. The molecule has 1 aromatic carbocycles. The van der Waals surface area contributed by atoms with Crippen LogP contribution in [-0.2, 0) is 9.53 Å². The number of alkyl carbamates (subject to hydrolysis) is 1. The molecule has 0 bridgehead atoms. The van der Waals surface area contributed by atoms with Crippen LogP contribution in [0.2, 0.25) is 0 Å². The van der Waals surface area contributed by atoms with Crippen LogP contribution in [0.3, 0.4) is 0 Å². The second kappa shape index (κ2) is 11.4. The summed E-state index contributed by atoms with van der Waals surface area (Å²) in [7, 11) is 0. The molecule has 2 amide bonds. The number of carbonyl (C=O) groups excluding carboxylic acids is 2. The van der Waals surface area contributed by atoms with Gasteiger partial charge in [-0.2, -0.15) is 0 Å². The van der Waals surface area contributed by atoms with Crippen molar-refractivity contribution in [1.29, 1.82) is 0 Å². The molecule has 0 spiro atoms. The van der Waals surface area contributed by atoms with Gasteiger partial charge < -0.3 is 20.4 Å². The number of nitrogens with one attached hydrogen (secondary N) is 3. The Morgan fingerprint density at radius 2 is 2.07 bits per heavy atom. The molecule has 2 aromatic rings. The molecule has 29 heavy (non-hydrogen) atoms. The number of ether oxygens (including phenoxy) is 1. The Balaban J connectivity index is 2.16. The lowest BCUT2D eigenvalue weighted by molar-refractivity contribution is -0.121. The summed E-state index contributed by atoms with van der Waals surface area (Å²) in [6, 6.07) is 5.49. The number of carbonyl (C=O) groups is 2. The van der Waals surface area contributed by atoms with Crippen LogP contribution >= 0.6 is 31.9 Å². The van der Waals surface area contributed by atoms with Crippen LogP contribution in [0.25, 0.3) is 10.9 Å². The van der Waals surface area contributed by atoms with Gasteiger partial charge in [-0.25, -0.2) is 4.79 Å². The Morgan fingerprint density at radius 3 is 2.76 bits per heavy atom. The van der Waals surface area contributed by atoms with Crippen molar-refractivity contribution < 1.29 is 14.3 Å². The summed E-state index contributed by atoms with van der Waals surface area (Å²) < 4.78 is 6.08. The molecule has 0 fully saturated rings. The van der Waals surface area contributed by atoms with E-state index in [1.807, 2.05) is 24.4 Å². The molecule has 0 radical (unpaired) electrons.